The summed E-state index contributed by atoms with van der Waals surface area (Å²) in [5, 5.41) is 4.12. The van der Waals surface area contributed by atoms with E-state index in [9.17, 15) is 0 Å². The first-order valence-corrected chi connectivity index (χ1v) is 4.45. The highest BCUT2D eigenvalue weighted by Crippen LogP contribution is 2.35. The van der Waals surface area contributed by atoms with Gasteiger partial charge in [-0.25, -0.2) is 0 Å². The van der Waals surface area contributed by atoms with Gasteiger partial charge in [0, 0.05) is 5.92 Å². The molecule has 0 aromatic carbocycles. The third-order valence-electron chi connectivity index (χ3n) is 2.12. The van der Waals surface area contributed by atoms with Gasteiger partial charge in [-0.3, -0.25) is 0 Å². The molecule has 0 saturated heterocycles. The Balaban J connectivity index is 2.13. The van der Waals surface area contributed by atoms with Crippen LogP contribution in [0.3, 0.4) is 0 Å². The van der Waals surface area contributed by atoms with E-state index < -0.39 is 0 Å². The van der Waals surface area contributed by atoms with Crippen LogP contribution in [-0.4, -0.2) is 12.3 Å². The van der Waals surface area contributed by atoms with E-state index in [-0.39, 0.29) is 0 Å². The first-order chi connectivity index (χ1) is 5.83. The minimum Gasteiger partial charge on any atom is -0.490 e. The molecule has 3 nitrogen and oxygen atoms in total. The van der Waals surface area contributed by atoms with Crippen molar-refractivity contribution in [3.05, 3.63) is 11.5 Å². The van der Waals surface area contributed by atoms with Crippen molar-refractivity contribution in [3.8, 4) is 0 Å². The molecular weight excluding hydrogens is 152 g/mol. The topological polar surface area (TPSA) is 35.7 Å². The summed E-state index contributed by atoms with van der Waals surface area (Å²) in [6.45, 7) is 4.64. The van der Waals surface area contributed by atoms with Gasteiger partial charge in [0.2, 0.25) is 0 Å². The zero-order chi connectivity index (χ0) is 8.55. The monoisotopic (exact) mass is 165 g/mol. The number of hydrogen-bond donors (Lipinski definition) is 0. The van der Waals surface area contributed by atoms with E-state index in [2.05, 4.69) is 10.5 Å². The molecule has 0 atom stereocenters. The number of allylic oxidation sites excluding steroid dienone is 2. The van der Waals surface area contributed by atoms with Crippen LogP contribution in [0.4, 0.5) is 0 Å². The average molecular weight is 165 g/mol. The summed E-state index contributed by atoms with van der Waals surface area (Å²) < 4.78 is 5.48. The maximum Gasteiger partial charge on any atom is 0.165 e. The maximum atomic E-state index is 5.48. The standard InChI is InChI=1S/C9H13N2O/c1-3-12-9-6(2)10-11-8(9)7-4-5-7/h7H,3-5H2,1-2H3. The van der Waals surface area contributed by atoms with E-state index in [1.165, 1.54) is 12.8 Å². The lowest BCUT2D eigenvalue weighted by Gasteiger charge is -2.05. The van der Waals surface area contributed by atoms with Crippen LogP contribution in [0.25, 0.3) is 0 Å². The molecule has 0 amide bonds. The summed E-state index contributed by atoms with van der Waals surface area (Å²) in [6, 6.07) is 0. The minimum absolute atomic E-state index is 0.632. The van der Waals surface area contributed by atoms with Crippen LogP contribution in [0.2, 0.25) is 0 Å². The fraction of sp³-hybridized carbons (Fsp3) is 0.667. The fourth-order valence-electron chi connectivity index (χ4n) is 1.35. The van der Waals surface area contributed by atoms with Crippen LogP contribution < -0.4 is 5.43 Å². The van der Waals surface area contributed by atoms with Crippen LogP contribution in [0.5, 0.6) is 0 Å². The first-order valence-electron chi connectivity index (χ1n) is 4.45. The van der Waals surface area contributed by atoms with Crippen molar-refractivity contribution in [2.24, 2.45) is 11.0 Å². The Morgan fingerprint density at radius 1 is 1.50 bits per heavy atom. The molecule has 1 aliphatic carbocycles. The molecule has 2 rings (SSSR count). The van der Waals surface area contributed by atoms with Crippen LogP contribution in [0.15, 0.2) is 16.6 Å². The van der Waals surface area contributed by atoms with Gasteiger partial charge in [0.25, 0.3) is 0 Å². The summed E-state index contributed by atoms with van der Waals surface area (Å²) in [6.07, 6.45) is 2.50. The Morgan fingerprint density at radius 2 is 2.25 bits per heavy atom. The molecule has 0 spiro atoms. The summed E-state index contributed by atoms with van der Waals surface area (Å²) in [5.41, 5.74) is 6.03. The van der Waals surface area contributed by atoms with E-state index in [0.717, 1.165) is 17.2 Å². The Bertz CT molecular complexity index is 251. The molecule has 3 heteroatoms. The van der Waals surface area contributed by atoms with Gasteiger partial charge in [-0.15, -0.1) is 0 Å². The minimum atomic E-state index is 0.632. The number of rotatable bonds is 3. The lowest BCUT2D eigenvalue weighted by molar-refractivity contribution is 0.245. The third-order valence-corrected chi connectivity index (χ3v) is 2.12. The molecule has 1 saturated carbocycles. The number of hydrogen-bond acceptors (Lipinski definition) is 2. The quantitative estimate of drug-likeness (QED) is 0.626. The fourth-order valence-corrected chi connectivity index (χ4v) is 1.35. The predicted octanol–water partition coefficient (Wildman–Crippen LogP) is 1.64. The summed E-state index contributed by atoms with van der Waals surface area (Å²) in [5.74, 6) is 1.56. The second-order valence-electron chi connectivity index (χ2n) is 3.21. The van der Waals surface area contributed by atoms with Gasteiger partial charge >= 0.3 is 0 Å². The number of ether oxygens (including phenoxy) is 1. The Kier molecular flexibility index (Phi) is 1.79. The van der Waals surface area contributed by atoms with Gasteiger partial charge in [-0.05, 0) is 26.7 Å². The van der Waals surface area contributed by atoms with Crippen molar-refractivity contribution in [1.82, 2.24) is 5.43 Å². The molecule has 0 aromatic rings. The highest BCUT2D eigenvalue weighted by molar-refractivity contribution is 6.03. The summed E-state index contributed by atoms with van der Waals surface area (Å²) in [4.78, 5) is 0. The van der Waals surface area contributed by atoms with Crippen LogP contribution in [0.1, 0.15) is 26.7 Å². The molecule has 0 unspecified atom stereocenters. The van der Waals surface area contributed by atoms with Crippen molar-refractivity contribution in [1.29, 1.82) is 0 Å². The molecule has 2 aliphatic rings. The lowest BCUT2D eigenvalue weighted by atomic mass is 10.2. The average Bonchev–Trinajstić information content (AvgIpc) is 2.82. The zero-order valence-electron chi connectivity index (χ0n) is 7.50. The largest absolute Gasteiger partial charge is 0.490 e. The van der Waals surface area contributed by atoms with E-state index in [1.807, 2.05) is 13.8 Å². The van der Waals surface area contributed by atoms with Gasteiger partial charge < -0.3 is 4.74 Å². The molecule has 0 aromatic heterocycles. The molecule has 1 aliphatic heterocycles. The molecule has 1 radical (unpaired) electrons. The molecule has 65 valence electrons. The van der Waals surface area contributed by atoms with Crippen molar-refractivity contribution >= 4 is 5.71 Å². The van der Waals surface area contributed by atoms with Crippen LogP contribution >= 0.6 is 0 Å². The van der Waals surface area contributed by atoms with Crippen LogP contribution in [0, 0.1) is 5.92 Å². The molecule has 0 N–H and O–H groups in total. The second-order valence-corrected chi connectivity index (χ2v) is 3.21. The predicted molar refractivity (Wildman–Crippen MR) is 46.6 cm³/mol. The summed E-state index contributed by atoms with van der Waals surface area (Å²) in [7, 11) is 0. The molecular formula is C9H13N2O. The van der Waals surface area contributed by atoms with Crippen molar-refractivity contribution in [3.63, 3.8) is 0 Å². The van der Waals surface area contributed by atoms with Crippen molar-refractivity contribution < 1.29 is 4.74 Å². The summed E-state index contributed by atoms with van der Waals surface area (Å²) >= 11 is 0. The van der Waals surface area contributed by atoms with Gasteiger partial charge in [0.1, 0.15) is 11.4 Å². The van der Waals surface area contributed by atoms with E-state index in [4.69, 9.17) is 4.74 Å². The third kappa shape index (κ3) is 1.19. The van der Waals surface area contributed by atoms with Crippen molar-refractivity contribution in [2.75, 3.05) is 6.61 Å². The number of nitrogens with zero attached hydrogens (tertiary/aromatic N) is 2. The van der Waals surface area contributed by atoms with Gasteiger partial charge in [-0.1, -0.05) is 0 Å². The zero-order valence-corrected chi connectivity index (χ0v) is 7.50. The van der Waals surface area contributed by atoms with Gasteiger partial charge in [0.15, 0.2) is 5.76 Å². The van der Waals surface area contributed by atoms with E-state index in [1.54, 1.807) is 0 Å². The van der Waals surface area contributed by atoms with Gasteiger partial charge in [-0.2, -0.15) is 10.5 Å². The second kappa shape index (κ2) is 2.81. The Hall–Kier alpha value is -0.990. The maximum absolute atomic E-state index is 5.48. The smallest absolute Gasteiger partial charge is 0.165 e. The molecule has 1 fully saturated rings. The Labute approximate surface area is 72.5 Å². The Morgan fingerprint density at radius 3 is 2.83 bits per heavy atom. The lowest BCUT2D eigenvalue weighted by Crippen LogP contribution is -2.06. The molecule has 0 bridgehead atoms. The molecule has 12 heavy (non-hydrogen) atoms. The van der Waals surface area contributed by atoms with Gasteiger partial charge in [0.05, 0.1) is 6.61 Å². The first kappa shape index (κ1) is 7.65. The van der Waals surface area contributed by atoms with Crippen molar-refractivity contribution in [2.45, 2.75) is 26.7 Å². The van der Waals surface area contributed by atoms with E-state index in [0.29, 0.717) is 12.5 Å². The highest BCUT2D eigenvalue weighted by atomic mass is 16.5. The molecule has 1 heterocycles. The van der Waals surface area contributed by atoms with E-state index >= 15 is 0 Å². The highest BCUT2D eigenvalue weighted by Gasteiger charge is 2.34. The normalized spacial score (nSPS) is 22.3. The van der Waals surface area contributed by atoms with Crippen LogP contribution in [-0.2, 0) is 4.74 Å². The SMILES string of the molecule is CCOC1=C(C)[N]N=C1C1CC1.